The Morgan fingerprint density at radius 1 is 1.03 bits per heavy atom. The number of aliphatic hydroxyl groups is 1. The summed E-state index contributed by atoms with van der Waals surface area (Å²) in [6.45, 7) is 1.25. The highest BCUT2D eigenvalue weighted by Crippen LogP contribution is 2.41. The number of piperazine rings is 1. The van der Waals surface area contributed by atoms with E-state index in [1.54, 1.807) is 37.4 Å². The minimum atomic E-state index is -4.78. The number of aliphatic hydroxyl groups excluding tert-OH is 1. The van der Waals surface area contributed by atoms with Gasteiger partial charge in [0, 0.05) is 26.2 Å². The molecule has 5 rings (SSSR count). The van der Waals surface area contributed by atoms with Gasteiger partial charge in [0.25, 0.3) is 5.91 Å². The van der Waals surface area contributed by atoms with E-state index in [0.29, 0.717) is 30.9 Å². The molecule has 2 aromatic carbocycles. The number of halogens is 3. The van der Waals surface area contributed by atoms with Gasteiger partial charge >= 0.3 is 6.36 Å². The molecule has 3 aliphatic rings. The number of ether oxygens (including phenoxy) is 2. The highest BCUT2D eigenvalue weighted by atomic mass is 19.4. The van der Waals surface area contributed by atoms with Crippen LogP contribution in [0.25, 0.3) is 0 Å². The summed E-state index contributed by atoms with van der Waals surface area (Å²) in [5, 5.41) is 10.3. The first-order valence-corrected chi connectivity index (χ1v) is 11.6. The number of nitrogens with zero attached hydrogens (tertiary/aromatic N) is 3. The van der Waals surface area contributed by atoms with Crippen LogP contribution in [0.5, 0.6) is 11.5 Å². The molecule has 0 saturated carbocycles. The number of rotatable bonds is 6. The Morgan fingerprint density at radius 3 is 2.42 bits per heavy atom. The molecule has 0 aromatic heterocycles. The van der Waals surface area contributed by atoms with Gasteiger partial charge in [-0.3, -0.25) is 24.3 Å². The van der Waals surface area contributed by atoms with Gasteiger partial charge in [-0.15, -0.1) is 13.2 Å². The van der Waals surface area contributed by atoms with Crippen molar-refractivity contribution in [3.63, 3.8) is 0 Å². The molecule has 0 bridgehead atoms. The summed E-state index contributed by atoms with van der Waals surface area (Å²) in [5.74, 6) is -0.286. The maximum atomic E-state index is 13.7. The second kappa shape index (κ2) is 9.06. The molecule has 2 unspecified atom stereocenters. The smallest absolute Gasteiger partial charge is 0.497 e. The van der Waals surface area contributed by atoms with E-state index in [-0.39, 0.29) is 37.1 Å². The Kier molecular flexibility index (Phi) is 6.17. The standard InChI is InChI=1S/C25H26F3N3O5/c1-35-19-7-5-16(6-8-19)12-30-22(33)21-10-18(32)13-31(21)24(23(30)34)14-29(15-24)11-17-3-2-4-20(9-17)36-25(26,27)28/h2-9,18,21,32H,10-15H2,1H3. The largest absolute Gasteiger partial charge is 0.573 e. The van der Waals surface area contributed by atoms with E-state index in [4.69, 9.17) is 4.74 Å². The number of alkyl halides is 3. The van der Waals surface area contributed by atoms with Crippen LogP contribution in [0.1, 0.15) is 17.5 Å². The van der Waals surface area contributed by atoms with Crippen LogP contribution < -0.4 is 9.47 Å². The van der Waals surface area contributed by atoms with Gasteiger partial charge in [0.15, 0.2) is 0 Å². The van der Waals surface area contributed by atoms with Gasteiger partial charge in [-0.1, -0.05) is 24.3 Å². The molecule has 3 fully saturated rings. The number of likely N-dealkylation sites (tertiary alicyclic amines) is 1. The second-order valence-electron chi connectivity index (χ2n) is 9.51. The third-order valence-electron chi connectivity index (χ3n) is 7.03. The van der Waals surface area contributed by atoms with Crippen LogP contribution in [0.3, 0.4) is 0 Å². The Balaban J connectivity index is 1.33. The zero-order valence-electron chi connectivity index (χ0n) is 19.6. The fraction of sp³-hybridized carbons (Fsp3) is 0.440. The fourth-order valence-corrected chi connectivity index (χ4v) is 5.46. The van der Waals surface area contributed by atoms with E-state index < -0.39 is 24.0 Å². The molecule has 36 heavy (non-hydrogen) atoms. The lowest BCUT2D eigenvalue weighted by molar-refractivity contribution is -0.274. The highest BCUT2D eigenvalue weighted by Gasteiger charge is 2.64. The number of methoxy groups -OCH3 is 1. The van der Waals surface area contributed by atoms with Crippen molar-refractivity contribution in [3.8, 4) is 11.5 Å². The molecule has 2 amide bonds. The summed E-state index contributed by atoms with van der Waals surface area (Å²) < 4.78 is 46.9. The lowest BCUT2D eigenvalue weighted by atomic mass is 9.82. The van der Waals surface area contributed by atoms with Crippen molar-refractivity contribution in [2.75, 3.05) is 26.7 Å². The summed E-state index contributed by atoms with van der Waals surface area (Å²) in [5.41, 5.74) is 0.416. The van der Waals surface area contributed by atoms with Gasteiger partial charge in [-0.05, 0) is 41.8 Å². The lowest BCUT2D eigenvalue weighted by Gasteiger charge is -2.58. The van der Waals surface area contributed by atoms with Crippen molar-refractivity contribution in [1.29, 1.82) is 0 Å². The van der Waals surface area contributed by atoms with Crippen molar-refractivity contribution in [3.05, 3.63) is 59.7 Å². The van der Waals surface area contributed by atoms with E-state index in [0.717, 1.165) is 5.56 Å². The number of hydrogen-bond acceptors (Lipinski definition) is 7. The third kappa shape index (κ3) is 4.54. The predicted octanol–water partition coefficient (Wildman–Crippen LogP) is 2.15. The quantitative estimate of drug-likeness (QED) is 0.603. The van der Waals surface area contributed by atoms with Crippen molar-refractivity contribution < 1.29 is 37.3 Å². The first-order chi connectivity index (χ1) is 17.1. The maximum absolute atomic E-state index is 13.7. The van der Waals surface area contributed by atoms with Crippen LogP contribution in [-0.2, 0) is 22.7 Å². The van der Waals surface area contributed by atoms with E-state index in [2.05, 4.69) is 4.74 Å². The summed E-state index contributed by atoms with van der Waals surface area (Å²) >= 11 is 0. The van der Waals surface area contributed by atoms with Crippen molar-refractivity contribution in [2.24, 2.45) is 0 Å². The normalized spacial score (nSPS) is 24.1. The summed E-state index contributed by atoms with van der Waals surface area (Å²) in [6, 6.07) is 12.3. The molecule has 0 aliphatic carbocycles. The van der Waals surface area contributed by atoms with E-state index >= 15 is 0 Å². The second-order valence-corrected chi connectivity index (χ2v) is 9.51. The van der Waals surface area contributed by atoms with Crippen molar-refractivity contribution in [2.45, 2.75) is 43.6 Å². The summed E-state index contributed by atoms with van der Waals surface area (Å²) in [6.07, 6.45) is -5.24. The number of carbonyl (C=O) groups is 2. The van der Waals surface area contributed by atoms with Crippen LogP contribution in [0, 0.1) is 0 Å². The van der Waals surface area contributed by atoms with Crippen molar-refractivity contribution in [1.82, 2.24) is 14.7 Å². The van der Waals surface area contributed by atoms with Crippen molar-refractivity contribution >= 4 is 11.8 Å². The fourth-order valence-electron chi connectivity index (χ4n) is 5.46. The van der Waals surface area contributed by atoms with Gasteiger partial charge in [0.2, 0.25) is 5.91 Å². The molecular weight excluding hydrogens is 479 g/mol. The molecule has 3 aliphatic heterocycles. The molecule has 2 atom stereocenters. The predicted molar refractivity (Wildman–Crippen MR) is 121 cm³/mol. The Labute approximate surface area is 205 Å². The summed E-state index contributed by atoms with van der Waals surface area (Å²) in [7, 11) is 1.55. The highest BCUT2D eigenvalue weighted by molar-refractivity contribution is 6.06. The van der Waals surface area contributed by atoms with Crippen LogP contribution in [0.15, 0.2) is 48.5 Å². The average Bonchev–Trinajstić information content (AvgIpc) is 3.19. The Hall–Kier alpha value is -3.15. The minimum Gasteiger partial charge on any atom is -0.497 e. The molecular formula is C25H26F3N3O5. The number of amides is 2. The van der Waals surface area contributed by atoms with E-state index in [9.17, 15) is 27.9 Å². The monoisotopic (exact) mass is 505 g/mol. The topological polar surface area (TPSA) is 82.6 Å². The van der Waals surface area contributed by atoms with Gasteiger partial charge in [0.05, 0.1) is 25.8 Å². The molecule has 3 heterocycles. The first kappa shape index (κ1) is 24.5. The number of benzene rings is 2. The number of hydrogen-bond donors (Lipinski definition) is 1. The molecule has 1 spiro atoms. The first-order valence-electron chi connectivity index (χ1n) is 11.6. The molecule has 8 nitrogen and oxygen atoms in total. The zero-order chi connectivity index (χ0) is 25.7. The number of β-amino-alcohol motifs (C(OH)–C–C–N with tert-alkyl or cyclic N) is 1. The molecule has 11 heteroatoms. The van der Waals surface area contributed by atoms with Gasteiger partial charge in [-0.2, -0.15) is 0 Å². The van der Waals surface area contributed by atoms with Crippen LogP contribution in [-0.4, -0.2) is 82.4 Å². The Bertz CT molecular complexity index is 1150. The minimum absolute atomic E-state index is 0.112. The average molecular weight is 505 g/mol. The zero-order valence-corrected chi connectivity index (χ0v) is 19.6. The molecule has 1 N–H and O–H groups in total. The van der Waals surface area contributed by atoms with E-state index in [1.165, 1.54) is 23.1 Å². The van der Waals surface area contributed by atoms with Crippen LogP contribution in [0.2, 0.25) is 0 Å². The number of imide groups is 1. The SMILES string of the molecule is COc1ccc(CN2C(=O)C3CC(O)CN3C3(CN(Cc4cccc(OC(F)(F)F)c4)C3)C2=O)cc1. The van der Waals surface area contributed by atoms with Gasteiger partial charge in [-0.25, -0.2) is 0 Å². The summed E-state index contributed by atoms with van der Waals surface area (Å²) in [4.78, 5) is 32.0. The molecule has 0 radical (unpaired) electrons. The van der Waals surface area contributed by atoms with Crippen LogP contribution in [0.4, 0.5) is 13.2 Å². The van der Waals surface area contributed by atoms with Gasteiger partial charge < -0.3 is 14.6 Å². The number of carbonyl (C=O) groups excluding carboxylic acids is 2. The third-order valence-corrected chi connectivity index (χ3v) is 7.03. The molecule has 2 aromatic rings. The van der Waals surface area contributed by atoms with Crippen LogP contribution >= 0.6 is 0 Å². The maximum Gasteiger partial charge on any atom is 0.573 e. The van der Waals surface area contributed by atoms with E-state index in [1.807, 2.05) is 9.80 Å². The molecule has 3 saturated heterocycles. The molecule has 192 valence electrons. The lowest BCUT2D eigenvalue weighted by Crippen LogP contribution is -2.81. The number of fused-ring (bicyclic) bond motifs is 2. The van der Waals surface area contributed by atoms with Gasteiger partial charge in [0.1, 0.15) is 17.0 Å². The Morgan fingerprint density at radius 2 is 1.75 bits per heavy atom.